The number of hydrogen-bond donors (Lipinski definition) is 3. The monoisotopic (exact) mass is 441 g/mol. The second-order valence-electron chi connectivity index (χ2n) is 6.95. The maximum absolute atomic E-state index is 13.3. The standard InChI is InChI=1S/C19H25ClFN5O2S/c1-19(2,16-7-6-14(21)11-17(16)20)13-25-18(22-3)24-9-10-26-29(27,28)15-5-4-8-23-12-15/h4-8,11-12,26H,9-10,13H2,1-3H3,(H2,22,24,25). The molecule has 0 radical (unpaired) electrons. The molecule has 158 valence electrons. The third-order valence-corrected chi connectivity index (χ3v) is 5.99. The lowest BCUT2D eigenvalue weighted by Crippen LogP contribution is -2.45. The number of hydrogen-bond acceptors (Lipinski definition) is 4. The average molecular weight is 442 g/mol. The molecular formula is C19H25ClFN5O2S. The number of aliphatic imine (C=N–C) groups is 1. The van der Waals surface area contributed by atoms with E-state index in [0.29, 0.717) is 24.1 Å². The van der Waals surface area contributed by atoms with Crippen molar-refractivity contribution in [2.45, 2.75) is 24.2 Å². The van der Waals surface area contributed by atoms with Crippen LogP contribution in [0.3, 0.4) is 0 Å². The Labute approximate surface area is 175 Å². The molecule has 1 heterocycles. The Balaban J connectivity index is 1.85. The molecule has 2 aromatic rings. The van der Waals surface area contributed by atoms with Gasteiger partial charge in [-0.25, -0.2) is 17.5 Å². The number of rotatable bonds is 8. The van der Waals surface area contributed by atoms with Gasteiger partial charge in [0.1, 0.15) is 10.7 Å². The molecule has 1 aromatic heterocycles. The molecule has 0 saturated carbocycles. The lowest BCUT2D eigenvalue weighted by Gasteiger charge is -2.27. The van der Waals surface area contributed by atoms with Gasteiger partial charge >= 0.3 is 0 Å². The molecule has 29 heavy (non-hydrogen) atoms. The van der Waals surface area contributed by atoms with Crippen LogP contribution in [0.1, 0.15) is 19.4 Å². The summed E-state index contributed by atoms with van der Waals surface area (Å²) < 4.78 is 40.1. The van der Waals surface area contributed by atoms with Gasteiger partial charge in [-0.1, -0.05) is 31.5 Å². The van der Waals surface area contributed by atoms with Crippen LogP contribution in [0.2, 0.25) is 5.02 Å². The van der Waals surface area contributed by atoms with Gasteiger partial charge in [-0.15, -0.1) is 0 Å². The summed E-state index contributed by atoms with van der Waals surface area (Å²) in [4.78, 5) is 8.05. The van der Waals surface area contributed by atoms with Gasteiger partial charge in [0.15, 0.2) is 5.96 Å². The van der Waals surface area contributed by atoms with E-state index in [2.05, 4.69) is 25.3 Å². The van der Waals surface area contributed by atoms with Crippen molar-refractivity contribution in [2.24, 2.45) is 4.99 Å². The molecule has 0 saturated heterocycles. The van der Waals surface area contributed by atoms with Crippen molar-refractivity contribution in [3.8, 4) is 0 Å². The Kier molecular flexibility index (Phi) is 7.95. The lowest BCUT2D eigenvalue weighted by molar-refractivity contribution is 0.507. The smallest absolute Gasteiger partial charge is 0.242 e. The van der Waals surface area contributed by atoms with E-state index in [1.165, 1.54) is 30.6 Å². The fourth-order valence-electron chi connectivity index (χ4n) is 2.61. The minimum Gasteiger partial charge on any atom is -0.356 e. The highest BCUT2D eigenvalue weighted by atomic mass is 35.5. The molecule has 10 heteroatoms. The molecule has 0 aliphatic carbocycles. The molecule has 0 fully saturated rings. The summed E-state index contributed by atoms with van der Waals surface area (Å²) in [6.45, 7) is 4.95. The van der Waals surface area contributed by atoms with E-state index < -0.39 is 10.0 Å². The maximum atomic E-state index is 13.3. The van der Waals surface area contributed by atoms with Crippen LogP contribution in [0, 0.1) is 5.82 Å². The minimum absolute atomic E-state index is 0.112. The van der Waals surface area contributed by atoms with Gasteiger partial charge in [0.05, 0.1) is 0 Å². The maximum Gasteiger partial charge on any atom is 0.242 e. The van der Waals surface area contributed by atoms with E-state index in [1.54, 1.807) is 19.2 Å². The van der Waals surface area contributed by atoms with Crippen LogP contribution in [-0.2, 0) is 15.4 Å². The van der Waals surface area contributed by atoms with Crippen LogP contribution in [0.25, 0.3) is 0 Å². The van der Waals surface area contributed by atoms with Gasteiger partial charge in [-0.2, -0.15) is 0 Å². The summed E-state index contributed by atoms with van der Waals surface area (Å²) in [5.41, 5.74) is 0.428. The zero-order valence-electron chi connectivity index (χ0n) is 16.5. The van der Waals surface area contributed by atoms with E-state index in [4.69, 9.17) is 11.6 Å². The first-order chi connectivity index (χ1) is 13.7. The van der Waals surface area contributed by atoms with E-state index >= 15 is 0 Å². The number of nitrogens with zero attached hydrogens (tertiary/aromatic N) is 2. The number of guanidine groups is 1. The van der Waals surface area contributed by atoms with Crippen molar-refractivity contribution < 1.29 is 12.8 Å². The topological polar surface area (TPSA) is 95.5 Å². The van der Waals surface area contributed by atoms with Crippen LogP contribution in [0.15, 0.2) is 52.6 Å². The van der Waals surface area contributed by atoms with Gasteiger partial charge in [0, 0.05) is 49.5 Å². The third-order valence-electron chi connectivity index (χ3n) is 4.24. The van der Waals surface area contributed by atoms with Gasteiger partial charge in [0.2, 0.25) is 10.0 Å². The van der Waals surface area contributed by atoms with Crippen molar-refractivity contribution in [2.75, 3.05) is 26.7 Å². The molecule has 0 unspecified atom stereocenters. The zero-order valence-corrected chi connectivity index (χ0v) is 18.1. The van der Waals surface area contributed by atoms with Gasteiger partial charge < -0.3 is 10.6 Å². The first-order valence-corrected chi connectivity index (χ1v) is 10.8. The van der Waals surface area contributed by atoms with Crippen molar-refractivity contribution in [1.82, 2.24) is 20.3 Å². The van der Waals surface area contributed by atoms with Crippen LogP contribution in [0.5, 0.6) is 0 Å². The van der Waals surface area contributed by atoms with Crippen molar-refractivity contribution >= 4 is 27.6 Å². The Hall–Kier alpha value is -2.23. The largest absolute Gasteiger partial charge is 0.356 e. The average Bonchev–Trinajstić information content (AvgIpc) is 2.67. The molecule has 0 spiro atoms. The number of benzene rings is 1. The molecule has 1 aromatic carbocycles. The molecule has 0 aliphatic rings. The predicted molar refractivity (Wildman–Crippen MR) is 113 cm³/mol. The Morgan fingerprint density at radius 2 is 2.00 bits per heavy atom. The Morgan fingerprint density at radius 3 is 2.62 bits per heavy atom. The molecule has 0 aliphatic heterocycles. The van der Waals surface area contributed by atoms with Gasteiger partial charge in [-0.05, 0) is 29.8 Å². The van der Waals surface area contributed by atoms with Gasteiger partial charge in [-0.3, -0.25) is 9.98 Å². The number of pyridine rings is 1. The molecular weight excluding hydrogens is 417 g/mol. The van der Waals surface area contributed by atoms with Crippen LogP contribution in [0.4, 0.5) is 4.39 Å². The first kappa shape index (κ1) is 23.1. The van der Waals surface area contributed by atoms with Crippen molar-refractivity contribution in [3.63, 3.8) is 0 Å². The van der Waals surface area contributed by atoms with Gasteiger partial charge in [0.25, 0.3) is 0 Å². The minimum atomic E-state index is -3.60. The molecule has 2 rings (SSSR count). The van der Waals surface area contributed by atoms with E-state index in [-0.39, 0.29) is 22.7 Å². The van der Waals surface area contributed by atoms with Crippen LogP contribution in [-0.4, -0.2) is 46.0 Å². The van der Waals surface area contributed by atoms with Crippen molar-refractivity contribution in [1.29, 1.82) is 0 Å². The molecule has 0 amide bonds. The highest BCUT2D eigenvalue weighted by Gasteiger charge is 2.24. The fraction of sp³-hybridized carbons (Fsp3) is 0.368. The zero-order chi connectivity index (χ0) is 21.5. The summed E-state index contributed by atoms with van der Waals surface area (Å²) >= 11 is 6.18. The predicted octanol–water partition coefficient (Wildman–Crippen LogP) is 2.30. The third kappa shape index (κ3) is 6.66. The number of halogens is 2. The number of sulfonamides is 1. The summed E-state index contributed by atoms with van der Waals surface area (Å²) in [7, 11) is -1.98. The van der Waals surface area contributed by atoms with Crippen LogP contribution < -0.4 is 15.4 Å². The molecule has 3 N–H and O–H groups in total. The first-order valence-electron chi connectivity index (χ1n) is 8.95. The summed E-state index contributed by atoms with van der Waals surface area (Å²) in [5, 5.41) is 6.59. The number of aromatic nitrogens is 1. The second-order valence-corrected chi connectivity index (χ2v) is 9.12. The highest BCUT2D eigenvalue weighted by molar-refractivity contribution is 7.89. The Morgan fingerprint density at radius 1 is 1.24 bits per heavy atom. The Bertz CT molecular complexity index is 952. The SMILES string of the molecule is CN=C(NCCNS(=O)(=O)c1cccnc1)NCC(C)(C)c1ccc(F)cc1Cl. The van der Waals surface area contributed by atoms with E-state index in [9.17, 15) is 12.8 Å². The summed E-state index contributed by atoms with van der Waals surface area (Å²) in [5.74, 6) is 0.130. The highest BCUT2D eigenvalue weighted by Crippen LogP contribution is 2.29. The second kappa shape index (κ2) is 10.00. The summed E-state index contributed by atoms with van der Waals surface area (Å²) in [6, 6.07) is 7.38. The fourth-order valence-corrected chi connectivity index (χ4v) is 4.03. The number of nitrogens with one attached hydrogen (secondary N) is 3. The van der Waals surface area contributed by atoms with E-state index in [1.807, 2.05) is 13.8 Å². The van der Waals surface area contributed by atoms with E-state index in [0.717, 1.165) is 5.56 Å². The molecule has 0 atom stereocenters. The summed E-state index contributed by atoms with van der Waals surface area (Å²) in [6.07, 6.45) is 2.80. The molecule has 7 nitrogen and oxygen atoms in total. The quantitative estimate of drug-likeness (QED) is 0.332. The van der Waals surface area contributed by atoms with Crippen molar-refractivity contribution in [3.05, 3.63) is 59.1 Å². The van der Waals surface area contributed by atoms with Crippen LogP contribution >= 0.6 is 11.6 Å². The normalized spacial score (nSPS) is 12.7. The molecule has 0 bridgehead atoms. The lowest BCUT2D eigenvalue weighted by atomic mass is 9.84.